The molecule has 0 radical (unpaired) electrons. The number of hydrogen-bond donors (Lipinski definition) is 0. The first kappa shape index (κ1) is 13.0. The summed E-state index contributed by atoms with van der Waals surface area (Å²) in [5.74, 6) is 0. The molecule has 0 aliphatic rings. The van der Waals surface area contributed by atoms with Crippen molar-refractivity contribution in [2.45, 2.75) is 20.4 Å². The van der Waals surface area contributed by atoms with Gasteiger partial charge in [-0.2, -0.15) is 5.26 Å². The second-order valence-corrected chi connectivity index (χ2v) is 4.57. The summed E-state index contributed by atoms with van der Waals surface area (Å²) in [5.41, 5.74) is 4.36. The van der Waals surface area contributed by atoms with Gasteiger partial charge >= 0.3 is 0 Å². The van der Waals surface area contributed by atoms with E-state index in [4.69, 9.17) is 0 Å². The van der Waals surface area contributed by atoms with Crippen molar-refractivity contribution in [1.82, 2.24) is 9.97 Å². The summed E-state index contributed by atoms with van der Waals surface area (Å²) in [6.45, 7) is 4.52. The summed E-state index contributed by atoms with van der Waals surface area (Å²) in [6, 6.07) is 8.12. The average Bonchev–Trinajstić information content (AvgIpc) is 2.39. The van der Waals surface area contributed by atoms with Gasteiger partial charge in [0.2, 0.25) is 0 Å². The molecular formula is C15H16N4. The lowest BCUT2D eigenvalue weighted by atomic mass is 10.1. The van der Waals surface area contributed by atoms with Gasteiger partial charge in [0, 0.05) is 31.7 Å². The van der Waals surface area contributed by atoms with Crippen LogP contribution in [-0.2, 0) is 6.54 Å². The van der Waals surface area contributed by atoms with Crippen LogP contribution >= 0.6 is 0 Å². The zero-order valence-electron chi connectivity index (χ0n) is 11.4. The lowest BCUT2D eigenvalue weighted by Crippen LogP contribution is -2.18. The molecule has 0 saturated heterocycles. The molecular weight excluding hydrogens is 236 g/mol. The van der Waals surface area contributed by atoms with Gasteiger partial charge in [-0.15, -0.1) is 0 Å². The molecule has 2 rings (SSSR count). The van der Waals surface area contributed by atoms with Crippen LogP contribution in [0.4, 0.5) is 5.69 Å². The zero-order valence-corrected chi connectivity index (χ0v) is 11.4. The molecule has 0 fully saturated rings. The van der Waals surface area contributed by atoms with Crippen LogP contribution in [0.15, 0.2) is 30.6 Å². The van der Waals surface area contributed by atoms with Crippen molar-refractivity contribution in [1.29, 1.82) is 5.26 Å². The van der Waals surface area contributed by atoms with Crippen molar-refractivity contribution in [3.8, 4) is 6.07 Å². The van der Waals surface area contributed by atoms with Gasteiger partial charge in [-0.05, 0) is 31.5 Å². The highest BCUT2D eigenvalue weighted by molar-refractivity contribution is 5.61. The molecule has 0 spiro atoms. The smallest absolute Gasteiger partial charge is 0.103 e. The highest BCUT2D eigenvalue weighted by Crippen LogP contribution is 2.23. The predicted octanol–water partition coefficient (Wildman–Crippen LogP) is 2.60. The van der Waals surface area contributed by atoms with Crippen LogP contribution in [0, 0.1) is 25.2 Å². The third-order valence-corrected chi connectivity index (χ3v) is 2.97. The van der Waals surface area contributed by atoms with E-state index in [2.05, 4.69) is 20.9 Å². The van der Waals surface area contributed by atoms with Gasteiger partial charge in [-0.3, -0.25) is 9.97 Å². The lowest BCUT2D eigenvalue weighted by molar-refractivity contribution is 0.904. The average molecular weight is 252 g/mol. The molecule has 0 aromatic carbocycles. The van der Waals surface area contributed by atoms with Crippen molar-refractivity contribution in [3.05, 3.63) is 53.1 Å². The third kappa shape index (κ3) is 2.89. The summed E-state index contributed by atoms with van der Waals surface area (Å²) >= 11 is 0. The second kappa shape index (κ2) is 5.49. The maximum Gasteiger partial charge on any atom is 0.103 e. The summed E-state index contributed by atoms with van der Waals surface area (Å²) in [7, 11) is 1.97. The number of pyridine rings is 2. The molecule has 0 saturated carbocycles. The molecule has 0 amide bonds. The van der Waals surface area contributed by atoms with E-state index in [1.54, 1.807) is 6.20 Å². The monoisotopic (exact) mass is 252 g/mol. The van der Waals surface area contributed by atoms with Crippen molar-refractivity contribution >= 4 is 5.69 Å². The number of aryl methyl sites for hydroxylation is 2. The Kier molecular flexibility index (Phi) is 3.76. The highest BCUT2D eigenvalue weighted by Gasteiger charge is 2.12. The maximum atomic E-state index is 9.28. The molecule has 0 bridgehead atoms. The Labute approximate surface area is 113 Å². The van der Waals surface area contributed by atoms with Gasteiger partial charge in [-0.1, -0.05) is 6.07 Å². The van der Waals surface area contributed by atoms with Crippen molar-refractivity contribution in [3.63, 3.8) is 0 Å². The van der Waals surface area contributed by atoms with Crippen molar-refractivity contribution in [2.75, 3.05) is 11.9 Å². The van der Waals surface area contributed by atoms with Crippen LogP contribution in [0.25, 0.3) is 0 Å². The standard InChI is InChI=1S/C15H16N4/c1-11-7-15(14(8-16)12(2)18-11)19(3)10-13-5-4-6-17-9-13/h4-7,9H,10H2,1-3H3. The molecule has 0 aliphatic carbocycles. The molecule has 0 N–H and O–H groups in total. The fourth-order valence-corrected chi connectivity index (χ4v) is 2.10. The first-order chi connectivity index (χ1) is 9.11. The summed E-state index contributed by atoms with van der Waals surface area (Å²) in [6.07, 6.45) is 3.59. The zero-order chi connectivity index (χ0) is 13.8. The van der Waals surface area contributed by atoms with Crippen LogP contribution in [0.5, 0.6) is 0 Å². The van der Waals surface area contributed by atoms with E-state index in [0.29, 0.717) is 12.1 Å². The molecule has 2 heterocycles. The largest absolute Gasteiger partial charge is 0.369 e. The maximum absolute atomic E-state index is 9.28. The Morgan fingerprint density at radius 3 is 2.79 bits per heavy atom. The molecule has 0 unspecified atom stereocenters. The number of anilines is 1. The van der Waals surface area contributed by atoms with Gasteiger partial charge in [0.15, 0.2) is 0 Å². The van der Waals surface area contributed by atoms with Gasteiger partial charge in [0.1, 0.15) is 6.07 Å². The Morgan fingerprint density at radius 2 is 2.16 bits per heavy atom. The predicted molar refractivity (Wildman–Crippen MR) is 74.8 cm³/mol. The quantitative estimate of drug-likeness (QED) is 0.842. The van der Waals surface area contributed by atoms with E-state index in [1.165, 1.54) is 0 Å². The minimum absolute atomic E-state index is 0.636. The fourth-order valence-electron chi connectivity index (χ4n) is 2.10. The van der Waals surface area contributed by atoms with E-state index in [1.807, 2.05) is 45.3 Å². The summed E-state index contributed by atoms with van der Waals surface area (Å²) in [4.78, 5) is 10.5. The number of nitriles is 1. The molecule has 96 valence electrons. The second-order valence-electron chi connectivity index (χ2n) is 4.57. The number of rotatable bonds is 3. The molecule has 4 nitrogen and oxygen atoms in total. The molecule has 2 aromatic heterocycles. The van der Waals surface area contributed by atoms with E-state index in [0.717, 1.165) is 22.6 Å². The number of nitrogens with zero attached hydrogens (tertiary/aromatic N) is 4. The number of hydrogen-bond acceptors (Lipinski definition) is 4. The van der Waals surface area contributed by atoms with E-state index in [9.17, 15) is 5.26 Å². The minimum atomic E-state index is 0.636. The summed E-state index contributed by atoms with van der Waals surface area (Å²) < 4.78 is 0. The van der Waals surface area contributed by atoms with E-state index in [-0.39, 0.29) is 0 Å². The lowest BCUT2D eigenvalue weighted by Gasteiger charge is -2.21. The number of aromatic nitrogens is 2. The summed E-state index contributed by atoms with van der Waals surface area (Å²) in [5, 5.41) is 9.28. The van der Waals surface area contributed by atoms with Gasteiger partial charge in [0.05, 0.1) is 16.9 Å². The first-order valence-corrected chi connectivity index (χ1v) is 6.10. The topological polar surface area (TPSA) is 52.8 Å². The Morgan fingerprint density at radius 1 is 1.37 bits per heavy atom. The third-order valence-electron chi connectivity index (χ3n) is 2.97. The van der Waals surface area contributed by atoms with E-state index >= 15 is 0 Å². The Hall–Kier alpha value is -2.41. The van der Waals surface area contributed by atoms with Crippen LogP contribution < -0.4 is 4.90 Å². The first-order valence-electron chi connectivity index (χ1n) is 6.10. The Balaban J connectivity index is 2.34. The van der Waals surface area contributed by atoms with E-state index < -0.39 is 0 Å². The van der Waals surface area contributed by atoms with Crippen molar-refractivity contribution in [2.24, 2.45) is 0 Å². The van der Waals surface area contributed by atoms with Crippen molar-refractivity contribution < 1.29 is 0 Å². The highest BCUT2D eigenvalue weighted by atomic mass is 15.1. The molecule has 0 aliphatic heterocycles. The van der Waals surface area contributed by atoms with Crippen LogP contribution in [0.3, 0.4) is 0 Å². The molecule has 19 heavy (non-hydrogen) atoms. The minimum Gasteiger partial charge on any atom is -0.369 e. The SMILES string of the molecule is Cc1cc(N(C)Cc2cccnc2)c(C#N)c(C)n1. The van der Waals surface area contributed by atoms with Crippen LogP contribution in [0.2, 0.25) is 0 Å². The van der Waals surface area contributed by atoms with Gasteiger partial charge < -0.3 is 4.90 Å². The normalized spacial score (nSPS) is 10.0. The van der Waals surface area contributed by atoms with Gasteiger partial charge in [-0.25, -0.2) is 0 Å². The van der Waals surface area contributed by atoms with Crippen LogP contribution in [0.1, 0.15) is 22.5 Å². The fraction of sp³-hybridized carbons (Fsp3) is 0.267. The van der Waals surface area contributed by atoms with Gasteiger partial charge in [0.25, 0.3) is 0 Å². The van der Waals surface area contributed by atoms with Crippen LogP contribution in [-0.4, -0.2) is 17.0 Å². The molecule has 4 heteroatoms. The molecule has 2 aromatic rings. The molecule has 0 atom stereocenters. The Bertz CT molecular complexity index is 614.